The molecule has 5 nitrogen and oxygen atoms in total. The number of nitriles is 1. The van der Waals surface area contributed by atoms with Crippen LogP contribution in [0.1, 0.15) is 28.4 Å². The maximum absolute atomic E-state index is 13.0. The smallest absolute Gasteiger partial charge is 0.397 e. The summed E-state index contributed by atoms with van der Waals surface area (Å²) < 4.78 is 38.9. The summed E-state index contributed by atoms with van der Waals surface area (Å²) in [5, 5.41) is 9.01. The molecule has 0 bridgehead atoms. The zero-order valence-electron chi connectivity index (χ0n) is 13.9. The number of hydrazine groups is 1. The molecule has 0 aromatic heterocycles. The largest absolute Gasteiger partial charge is 0.416 e. The van der Waals surface area contributed by atoms with Crippen LogP contribution in [0.15, 0.2) is 39.7 Å². The Balaban J connectivity index is 2.29. The van der Waals surface area contributed by atoms with Crippen LogP contribution < -0.4 is 16.6 Å². The van der Waals surface area contributed by atoms with E-state index in [2.05, 4.69) is 26.8 Å². The lowest BCUT2D eigenvalue weighted by Crippen LogP contribution is -2.30. The number of nitrogens with zero attached hydrogens (tertiary/aromatic N) is 1. The molecule has 0 radical (unpaired) electrons. The van der Waals surface area contributed by atoms with Gasteiger partial charge in [-0.1, -0.05) is 6.92 Å². The van der Waals surface area contributed by atoms with Crippen LogP contribution in [0.4, 0.5) is 24.5 Å². The molecule has 0 aliphatic rings. The number of benzene rings is 2. The molecule has 0 saturated heterocycles. The first kappa shape index (κ1) is 20.9. The van der Waals surface area contributed by atoms with Crippen molar-refractivity contribution >= 4 is 45.0 Å². The fourth-order valence-corrected chi connectivity index (χ4v) is 3.34. The SMILES string of the molecule is CCSc1ccc(C#N)cc1NNC(=O)c1cc(C(F)(F)F)cc(Br)c1N. The van der Waals surface area contributed by atoms with E-state index in [1.54, 1.807) is 12.1 Å². The average Bonchev–Trinajstić information content (AvgIpc) is 2.62. The minimum atomic E-state index is -4.62. The summed E-state index contributed by atoms with van der Waals surface area (Å²) in [5.41, 5.74) is 10.1. The number of nitrogens with one attached hydrogen (secondary N) is 2. The van der Waals surface area contributed by atoms with Gasteiger partial charge in [0.05, 0.1) is 34.1 Å². The third kappa shape index (κ3) is 5.08. The first-order valence-electron chi connectivity index (χ1n) is 7.56. The van der Waals surface area contributed by atoms with Gasteiger partial charge in [0.15, 0.2) is 0 Å². The number of nitrogens with two attached hydrogens (primary N) is 1. The molecule has 0 atom stereocenters. The number of thioether (sulfide) groups is 1. The molecule has 4 N–H and O–H groups in total. The molecule has 0 fully saturated rings. The summed E-state index contributed by atoms with van der Waals surface area (Å²) in [7, 11) is 0. The molecule has 0 aliphatic heterocycles. The number of carbonyl (C=O) groups excluding carboxylic acids is 1. The van der Waals surface area contributed by atoms with Gasteiger partial charge >= 0.3 is 6.18 Å². The molecule has 2 aromatic carbocycles. The maximum Gasteiger partial charge on any atom is 0.416 e. The molecule has 0 saturated carbocycles. The van der Waals surface area contributed by atoms with Crippen molar-refractivity contribution < 1.29 is 18.0 Å². The second-order valence-corrected chi connectivity index (χ2v) is 7.41. The van der Waals surface area contributed by atoms with Crippen molar-refractivity contribution in [3.05, 3.63) is 51.5 Å². The highest BCUT2D eigenvalue weighted by molar-refractivity contribution is 9.10. The van der Waals surface area contributed by atoms with Gasteiger partial charge in [-0.3, -0.25) is 15.6 Å². The van der Waals surface area contributed by atoms with Crippen LogP contribution in [0, 0.1) is 11.3 Å². The molecule has 0 aliphatic carbocycles. The molecule has 0 spiro atoms. The number of alkyl halides is 3. The fourth-order valence-electron chi connectivity index (χ4n) is 2.14. The Morgan fingerprint density at radius 2 is 2.04 bits per heavy atom. The Morgan fingerprint density at radius 3 is 2.63 bits per heavy atom. The first-order valence-corrected chi connectivity index (χ1v) is 9.34. The number of halogens is 4. The molecular formula is C17H14BrF3N4OS. The minimum absolute atomic E-state index is 0.0313. The fraction of sp³-hybridized carbons (Fsp3) is 0.176. The second kappa shape index (κ2) is 8.54. The van der Waals surface area contributed by atoms with Crippen molar-refractivity contribution in [2.45, 2.75) is 18.0 Å². The van der Waals surface area contributed by atoms with Crippen LogP contribution in [-0.2, 0) is 6.18 Å². The number of nitrogen functional groups attached to an aromatic ring is 1. The van der Waals surface area contributed by atoms with Gasteiger partial charge in [0, 0.05) is 9.37 Å². The topological polar surface area (TPSA) is 90.9 Å². The van der Waals surface area contributed by atoms with Gasteiger partial charge in [-0.25, -0.2) is 0 Å². The van der Waals surface area contributed by atoms with E-state index in [4.69, 9.17) is 11.0 Å². The zero-order valence-corrected chi connectivity index (χ0v) is 16.3. The highest BCUT2D eigenvalue weighted by Gasteiger charge is 2.32. The Hall–Kier alpha value is -2.38. The predicted molar refractivity (Wildman–Crippen MR) is 102 cm³/mol. The van der Waals surface area contributed by atoms with Crippen molar-refractivity contribution in [3.8, 4) is 6.07 Å². The van der Waals surface area contributed by atoms with Gasteiger partial charge in [-0.2, -0.15) is 18.4 Å². The minimum Gasteiger partial charge on any atom is -0.397 e. The van der Waals surface area contributed by atoms with E-state index in [0.29, 0.717) is 17.3 Å². The highest BCUT2D eigenvalue weighted by Crippen LogP contribution is 2.35. The Labute approximate surface area is 166 Å². The molecule has 0 heterocycles. The summed E-state index contributed by atoms with van der Waals surface area (Å²) in [6.07, 6.45) is -4.62. The summed E-state index contributed by atoms with van der Waals surface area (Å²) in [4.78, 5) is 13.2. The Morgan fingerprint density at radius 1 is 1.33 bits per heavy atom. The lowest BCUT2D eigenvalue weighted by Gasteiger charge is -2.15. The van der Waals surface area contributed by atoms with Crippen LogP contribution in [0.5, 0.6) is 0 Å². The Kier molecular flexibility index (Phi) is 6.62. The van der Waals surface area contributed by atoms with Gasteiger partial charge in [0.25, 0.3) is 5.91 Å². The molecular weight excluding hydrogens is 445 g/mol. The second-order valence-electron chi connectivity index (χ2n) is 5.25. The monoisotopic (exact) mass is 458 g/mol. The molecule has 1 amide bonds. The Bertz CT molecular complexity index is 912. The summed E-state index contributed by atoms with van der Waals surface area (Å²) in [5.74, 6) is -0.0868. The summed E-state index contributed by atoms with van der Waals surface area (Å²) >= 11 is 4.42. The zero-order chi connectivity index (χ0) is 20.2. The van der Waals surface area contributed by atoms with Crippen LogP contribution in [-0.4, -0.2) is 11.7 Å². The standard InChI is InChI=1S/C17H14BrF3N4OS/c1-2-27-14-4-3-9(8-22)5-13(14)24-25-16(26)11-6-10(17(19,20)21)7-12(18)15(11)23/h3-7,24H,2,23H2,1H3,(H,25,26). The molecule has 0 unspecified atom stereocenters. The molecule has 2 rings (SSSR count). The quantitative estimate of drug-likeness (QED) is 0.340. The van der Waals surface area contributed by atoms with E-state index >= 15 is 0 Å². The third-order valence-corrected chi connectivity index (χ3v) is 5.03. The number of hydrogen-bond donors (Lipinski definition) is 3. The van der Waals surface area contributed by atoms with E-state index in [9.17, 15) is 18.0 Å². The predicted octanol–water partition coefficient (Wildman–Crippen LogP) is 4.79. The van der Waals surface area contributed by atoms with Crippen molar-refractivity contribution in [1.82, 2.24) is 5.43 Å². The van der Waals surface area contributed by atoms with Crippen molar-refractivity contribution in [2.24, 2.45) is 0 Å². The molecule has 27 heavy (non-hydrogen) atoms. The van der Waals surface area contributed by atoms with E-state index < -0.39 is 17.6 Å². The maximum atomic E-state index is 13.0. The van der Waals surface area contributed by atoms with Crippen LogP contribution in [0.2, 0.25) is 0 Å². The van der Waals surface area contributed by atoms with Gasteiger partial charge in [0.2, 0.25) is 0 Å². The van der Waals surface area contributed by atoms with Crippen molar-refractivity contribution in [1.29, 1.82) is 5.26 Å². The van der Waals surface area contributed by atoms with Crippen LogP contribution >= 0.6 is 27.7 Å². The van der Waals surface area contributed by atoms with Crippen LogP contribution in [0.25, 0.3) is 0 Å². The molecule has 2 aromatic rings. The molecule has 142 valence electrons. The average molecular weight is 459 g/mol. The number of anilines is 2. The lowest BCUT2D eigenvalue weighted by atomic mass is 10.1. The van der Waals surface area contributed by atoms with Gasteiger partial charge < -0.3 is 5.73 Å². The van der Waals surface area contributed by atoms with Gasteiger partial charge in [-0.05, 0) is 52.0 Å². The van der Waals surface area contributed by atoms with E-state index in [0.717, 1.165) is 16.7 Å². The highest BCUT2D eigenvalue weighted by atomic mass is 79.9. The van der Waals surface area contributed by atoms with Gasteiger partial charge in [-0.15, -0.1) is 11.8 Å². The van der Waals surface area contributed by atoms with Crippen molar-refractivity contribution in [3.63, 3.8) is 0 Å². The van der Waals surface area contributed by atoms with E-state index in [1.165, 1.54) is 17.8 Å². The normalized spacial score (nSPS) is 11.0. The third-order valence-electron chi connectivity index (χ3n) is 3.42. The first-order chi connectivity index (χ1) is 12.7. The summed E-state index contributed by atoms with van der Waals surface area (Å²) in [6.45, 7) is 1.94. The van der Waals surface area contributed by atoms with E-state index in [-0.39, 0.29) is 15.7 Å². The number of amides is 1. The number of rotatable bonds is 5. The lowest BCUT2D eigenvalue weighted by molar-refractivity contribution is -0.137. The number of hydrogen-bond acceptors (Lipinski definition) is 5. The van der Waals surface area contributed by atoms with Crippen molar-refractivity contribution in [2.75, 3.05) is 16.9 Å². The van der Waals surface area contributed by atoms with E-state index in [1.807, 2.05) is 13.0 Å². The van der Waals surface area contributed by atoms with Crippen LogP contribution in [0.3, 0.4) is 0 Å². The van der Waals surface area contributed by atoms with Gasteiger partial charge in [0.1, 0.15) is 0 Å². The summed E-state index contributed by atoms with van der Waals surface area (Å²) in [6, 6.07) is 8.36. The number of carbonyl (C=O) groups is 1. The molecule has 10 heteroatoms.